The molecule has 0 aromatic heterocycles. The average Bonchev–Trinajstić information content (AvgIpc) is 3.02. The predicted molar refractivity (Wildman–Crippen MR) is 113 cm³/mol. The number of urea groups is 1. The van der Waals surface area contributed by atoms with E-state index < -0.39 is 35.7 Å². The van der Waals surface area contributed by atoms with E-state index in [-0.39, 0.29) is 11.3 Å². The molecule has 0 aliphatic carbocycles. The van der Waals surface area contributed by atoms with Gasteiger partial charge in [0.2, 0.25) is 0 Å². The van der Waals surface area contributed by atoms with Gasteiger partial charge in [0.05, 0.1) is 17.3 Å². The molecule has 2 N–H and O–H groups in total. The maximum atomic E-state index is 13.2. The Morgan fingerprint density at radius 2 is 1.87 bits per heavy atom. The average molecular weight is 473 g/mol. The summed E-state index contributed by atoms with van der Waals surface area (Å²) in [6, 6.07) is 8.31. The van der Waals surface area contributed by atoms with Gasteiger partial charge in [-0.15, -0.1) is 0 Å². The molecule has 2 unspecified atom stereocenters. The zero-order valence-corrected chi connectivity index (χ0v) is 17.7. The summed E-state index contributed by atoms with van der Waals surface area (Å²) in [6.07, 6.45) is 1.56. The van der Waals surface area contributed by atoms with Crippen LogP contribution in [0.25, 0.3) is 0 Å². The third kappa shape index (κ3) is 3.45. The molecule has 0 bridgehead atoms. The van der Waals surface area contributed by atoms with E-state index in [4.69, 9.17) is 0 Å². The van der Waals surface area contributed by atoms with Crippen LogP contribution in [0.1, 0.15) is 5.56 Å². The maximum absolute atomic E-state index is 13.2. The normalized spacial score (nSPS) is 20.6. The fourth-order valence-electron chi connectivity index (χ4n) is 3.68. The molecule has 30 heavy (non-hydrogen) atoms. The third-order valence-corrected chi connectivity index (χ3v) is 5.66. The first-order chi connectivity index (χ1) is 14.3. The highest BCUT2D eigenvalue weighted by atomic mass is 79.9. The maximum Gasteiger partial charge on any atom is 0.329 e. The highest BCUT2D eigenvalue weighted by Crippen LogP contribution is 2.30. The molecule has 1 saturated heterocycles. The van der Waals surface area contributed by atoms with E-state index in [1.54, 1.807) is 24.2 Å². The smallest absolute Gasteiger partial charge is 0.329 e. The van der Waals surface area contributed by atoms with Gasteiger partial charge < -0.3 is 15.5 Å². The van der Waals surface area contributed by atoms with Crippen LogP contribution in [0.3, 0.4) is 0 Å². The summed E-state index contributed by atoms with van der Waals surface area (Å²) < 4.78 is 14.1. The lowest BCUT2D eigenvalue weighted by Crippen LogP contribution is -2.65. The summed E-state index contributed by atoms with van der Waals surface area (Å²) in [7, 11) is 1.67. The van der Waals surface area contributed by atoms with Crippen LogP contribution in [0, 0.1) is 12.7 Å². The van der Waals surface area contributed by atoms with Gasteiger partial charge in [0, 0.05) is 23.4 Å². The Morgan fingerprint density at radius 3 is 2.53 bits per heavy atom. The van der Waals surface area contributed by atoms with Gasteiger partial charge in [0.1, 0.15) is 11.9 Å². The summed E-state index contributed by atoms with van der Waals surface area (Å²) in [6.45, 7) is 1.87. The first-order valence-electron chi connectivity index (χ1n) is 9.17. The number of hydrogen-bond acceptors (Lipinski definition) is 4. The number of rotatable bonds is 3. The van der Waals surface area contributed by atoms with Crippen molar-refractivity contribution in [3.05, 3.63) is 70.1 Å². The number of carbonyl (C=O) groups excluding carboxylic acids is 3. The van der Waals surface area contributed by atoms with Crippen LogP contribution >= 0.6 is 15.9 Å². The predicted octanol–water partition coefficient (Wildman–Crippen LogP) is 3.16. The second-order valence-electron chi connectivity index (χ2n) is 7.19. The van der Waals surface area contributed by atoms with Crippen LogP contribution < -0.4 is 15.5 Å². The Morgan fingerprint density at radius 1 is 1.17 bits per heavy atom. The van der Waals surface area contributed by atoms with Gasteiger partial charge >= 0.3 is 6.03 Å². The second kappa shape index (κ2) is 7.56. The van der Waals surface area contributed by atoms with Crippen molar-refractivity contribution < 1.29 is 18.8 Å². The standard InChI is InChI=1S/C21H18BrFN4O3/c1-11-9-12(22)3-8-16(11)24-19(28)15-10-26(2)18-17(15)25-21(30)27(20(18)29)14-6-4-13(23)5-7-14/h3-10,17-18H,1-2H3,(H,24,28)(H,25,30). The Kier molecular flexibility index (Phi) is 5.07. The van der Waals surface area contributed by atoms with Crippen molar-refractivity contribution in [1.29, 1.82) is 0 Å². The molecule has 0 radical (unpaired) electrons. The summed E-state index contributed by atoms with van der Waals surface area (Å²) in [5, 5.41) is 5.58. The molecule has 2 atom stereocenters. The van der Waals surface area contributed by atoms with Gasteiger partial charge in [-0.3, -0.25) is 9.59 Å². The lowest BCUT2D eigenvalue weighted by atomic mass is 9.99. The topological polar surface area (TPSA) is 81.8 Å². The molecule has 0 saturated carbocycles. The van der Waals surface area contributed by atoms with Crippen LogP contribution in [-0.2, 0) is 9.59 Å². The number of likely N-dealkylation sites (N-methyl/N-ethyl adjacent to an activating group) is 1. The van der Waals surface area contributed by atoms with E-state index in [1.807, 2.05) is 19.1 Å². The van der Waals surface area contributed by atoms with Crippen molar-refractivity contribution in [3.63, 3.8) is 0 Å². The highest BCUT2D eigenvalue weighted by molar-refractivity contribution is 9.10. The fourth-order valence-corrected chi connectivity index (χ4v) is 4.16. The van der Waals surface area contributed by atoms with E-state index >= 15 is 0 Å². The number of nitrogens with one attached hydrogen (secondary N) is 2. The molecule has 4 amide bonds. The molecule has 2 aromatic carbocycles. The Balaban J connectivity index is 1.58. The lowest BCUT2D eigenvalue weighted by molar-refractivity contribution is -0.122. The van der Waals surface area contributed by atoms with Gasteiger partial charge in [-0.2, -0.15) is 0 Å². The van der Waals surface area contributed by atoms with E-state index in [2.05, 4.69) is 26.6 Å². The molecule has 154 valence electrons. The van der Waals surface area contributed by atoms with Crippen molar-refractivity contribution in [2.75, 3.05) is 17.3 Å². The number of fused-ring (bicyclic) bond motifs is 1. The fraction of sp³-hybridized carbons (Fsp3) is 0.190. The molecule has 7 nitrogen and oxygen atoms in total. The summed E-state index contributed by atoms with van der Waals surface area (Å²) in [4.78, 5) is 41.3. The van der Waals surface area contributed by atoms with E-state index in [0.29, 0.717) is 5.69 Å². The van der Waals surface area contributed by atoms with Crippen molar-refractivity contribution in [3.8, 4) is 0 Å². The highest BCUT2D eigenvalue weighted by Gasteiger charge is 2.49. The third-order valence-electron chi connectivity index (χ3n) is 5.17. The molecule has 2 aliphatic rings. The first kappa shape index (κ1) is 20.1. The SMILES string of the molecule is Cc1cc(Br)ccc1NC(=O)C1=CN(C)C2C(=O)N(c3ccc(F)cc3)C(=O)NC12. The number of hydrogen-bond donors (Lipinski definition) is 2. The quantitative estimate of drug-likeness (QED) is 0.718. The number of carbonyl (C=O) groups is 3. The van der Waals surface area contributed by atoms with Crippen LogP contribution in [-0.4, -0.2) is 41.9 Å². The summed E-state index contributed by atoms with van der Waals surface area (Å²) >= 11 is 3.38. The number of imide groups is 1. The molecule has 2 aromatic rings. The molecule has 2 heterocycles. The number of halogens is 2. The van der Waals surface area contributed by atoms with Gasteiger partial charge in [0.15, 0.2) is 0 Å². The van der Waals surface area contributed by atoms with E-state index in [1.165, 1.54) is 24.3 Å². The summed E-state index contributed by atoms with van der Waals surface area (Å²) in [5.41, 5.74) is 2.04. The van der Waals surface area contributed by atoms with Crippen molar-refractivity contribution in [1.82, 2.24) is 10.2 Å². The van der Waals surface area contributed by atoms with Crippen molar-refractivity contribution >= 4 is 45.2 Å². The molecule has 0 spiro atoms. The van der Waals surface area contributed by atoms with Crippen LogP contribution in [0.5, 0.6) is 0 Å². The monoisotopic (exact) mass is 472 g/mol. The van der Waals surface area contributed by atoms with Crippen LogP contribution in [0.2, 0.25) is 0 Å². The number of nitrogens with zero attached hydrogens (tertiary/aromatic N) is 2. The minimum absolute atomic E-state index is 0.258. The van der Waals surface area contributed by atoms with Gasteiger partial charge in [-0.25, -0.2) is 14.1 Å². The van der Waals surface area contributed by atoms with Crippen LogP contribution in [0.4, 0.5) is 20.6 Å². The second-order valence-corrected chi connectivity index (χ2v) is 8.10. The molecular formula is C21H18BrFN4O3. The van der Waals surface area contributed by atoms with Gasteiger partial charge in [0.25, 0.3) is 11.8 Å². The van der Waals surface area contributed by atoms with Gasteiger partial charge in [-0.1, -0.05) is 15.9 Å². The van der Waals surface area contributed by atoms with E-state index in [9.17, 15) is 18.8 Å². The first-order valence-corrected chi connectivity index (χ1v) is 9.97. The molecule has 1 fully saturated rings. The van der Waals surface area contributed by atoms with Crippen molar-refractivity contribution in [2.45, 2.75) is 19.0 Å². The molecule has 4 rings (SSSR count). The number of aryl methyl sites for hydroxylation is 1. The van der Waals surface area contributed by atoms with E-state index in [0.717, 1.165) is 14.9 Å². The van der Waals surface area contributed by atoms with Crippen LogP contribution in [0.15, 0.2) is 58.7 Å². The van der Waals surface area contributed by atoms with Gasteiger partial charge in [-0.05, 0) is 55.0 Å². The minimum atomic E-state index is -0.789. The largest absolute Gasteiger partial charge is 0.366 e. The lowest BCUT2D eigenvalue weighted by Gasteiger charge is -2.37. The summed E-state index contributed by atoms with van der Waals surface area (Å²) in [5.74, 6) is -1.36. The molecule has 9 heteroatoms. The zero-order valence-electron chi connectivity index (χ0n) is 16.1. The Labute approximate surface area is 180 Å². The zero-order chi connectivity index (χ0) is 21.6. The Hall–Kier alpha value is -3.20. The van der Waals surface area contributed by atoms with Crippen molar-refractivity contribution in [2.24, 2.45) is 0 Å². The number of benzene rings is 2. The minimum Gasteiger partial charge on any atom is -0.366 e. The number of amides is 4. The Bertz CT molecular complexity index is 1090. The number of anilines is 2. The molecular weight excluding hydrogens is 455 g/mol. The molecule has 2 aliphatic heterocycles.